The van der Waals surface area contributed by atoms with E-state index in [1.807, 2.05) is 23.1 Å². The maximum atomic E-state index is 4.33. The number of nitrogens with zero attached hydrogens (tertiary/aromatic N) is 3. The molecule has 3 nitrogen and oxygen atoms in total. The van der Waals surface area contributed by atoms with Crippen molar-refractivity contribution < 1.29 is 0 Å². The number of rotatable bonds is 2. The van der Waals surface area contributed by atoms with Crippen LogP contribution in [0.1, 0.15) is 13.8 Å². The zero-order valence-electron chi connectivity index (χ0n) is 8.24. The lowest BCUT2D eigenvalue weighted by atomic mass is 10.2. The van der Waals surface area contributed by atoms with Crippen molar-refractivity contribution in [3.8, 4) is 0 Å². The molecule has 14 heavy (non-hydrogen) atoms. The third-order valence-corrected chi connectivity index (χ3v) is 2.46. The van der Waals surface area contributed by atoms with E-state index in [0.717, 1.165) is 22.1 Å². The summed E-state index contributed by atoms with van der Waals surface area (Å²) in [5.74, 6) is 0.602. The minimum atomic E-state index is 0.602. The van der Waals surface area contributed by atoms with E-state index < -0.39 is 0 Å². The van der Waals surface area contributed by atoms with Gasteiger partial charge in [0.05, 0.1) is 11.7 Å². The van der Waals surface area contributed by atoms with Crippen LogP contribution in [0.4, 0.5) is 0 Å². The van der Waals surface area contributed by atoms with E-state index in [9.17, 15) is 0 Å². The van der Waals surface area contributed by atoms with Crippen LogP contribution < -0.4 is 0 Å². The van der Waals surface area contributed by atoms with E-state index in [2.05, 4.69) is 39.9 Å². The van der Waals surface area contributed by atoms with E-state index in [-0.39, 0.29) is 0 Å². The Morgan fingerprint density at radius 2 is 2.21 bits per heavy atom. The molecule has 0 spiro atoms. The van der Waals surface area contributed by atoms with Crippen molar-refractivity contribution in [2.24, 2.45) is 5.92 Å². The van der Waals surface area contributed by atoms with E-state index in [1.165, 1.54) is 0 Å². The highest BCUT2D eigenvalue weighted by atomic mass is 79.9. The predicted octanol–water partition coefficient (Wildman–Crippen LogP) is 2.85. The summed E-state index contributed by atoms with van der Waals surface area (Å²) in [5.41, 5.74) is 1.14. The third-order valence-electron chi connectivity index (χ3n) is 2.03. The van der Waals surface area contributed by atoms with Crippen LogP contribution in [0.5, 0.6) is 0 Å². The molecule has 0 N–H and O–H groups in total. The molecule has 0 amide bonds. The van der Waals surface area contributed by atoms with E-state index in [4.69, 9.17) is 0 Å². The Morgan fingerprint density at radius 3 is 2.93 bits per heavy atom. The Hall–Kier alpha value is -0.900. The lowest BCUT2D eigenvalue weighted by molar-refractivity contribution is 0.495. The number of halogens is 1. The van der Waals surface area contributed by atoms with Crippen LogP contribution in [0, 0.1) is 5.92 Å². The SMILES string of the molecule is CC(C)Cn1ncc2cnc(Br)cc21. The van der Waals surface area contributed by atoms with Gasteiger partial charge in [-0.1, -0.05) is 13.8 Å². The Labute approximate surface area is 91.3 Å². The van der Waals surface area contributed by atoms with E-state index >= 15 is 0 Å². The van der Waals surface area contributed by atoms with Crippen LogP contribution in [0.25, 0.3) is 10.9 Å². The van der Waals surface area contributed by atoms with Crippen molar-refractivity contribution in [2.75, 3.05) is 0 Å². The zero-order valence-corrected chi connectivity index (χ0v) is 9.82. The fraction of sp³-hybridized carbons (Fsp3) is 0.400. The van der Waals surface area contributed by atoms with Crippen LogP contribution >= 0.6 is 15.9 Å². The summed E-state index contributed by atoms with van der Waals surface area (Å²) in [6, 6.07) is 2.00. The summed E-state index contributed by atoms with van der Waals surface area (Å²) in [5, 5.41) is 5.42. The second kappa shape index (κ2) is 3.69. The molecule has 0 saturated carbocycles. The smallest absolute Gasteiger partial charge is 0.108 e. The Kier molecular flexibility index (Phi) is 2.54. The average molecular weight is 254 g/mol. The molecule has 0 atom stereocenters. The molecule has 0 aromatic carbocycles. The standard InChI is InChI=1S/C10H12BrN3/c1-7(2)6-14-9-3-10(11)12-4-8(9)5-13-14/h3-5,7H,6H2,1-2H3. The first-order chi connectivity index (χ1) is 6.66. The molecule has 2 aromatic rings. The zero-order chi connectivity index (χ0) is 10.1. The maximum Gasteiger partial charge on any atom is 0.108 e. The Balaban J connectivity index is 2.50. The van der Waals surface area contributed by atoms with Crippen LogP contribution in [0.15, 0.2) is 23.1 Å². The average Bonchev–Trinajstić information content (AvgIpc) is 2.47. The van der Waals surface area contributed by atoms with Gasteiger partial charge in [0.25, 0.3) is 0 Å². The lowest BCUT2D eigenvalue weighted by Crippen LogP contribution is -2.05. The molecular weight excluding hydrogens is 242 g/mol. The molecule has 2 aromatic heterocycles. The van der Waals surface area contributed by atoms with Gasteiger partial charge in [0.2, 0.25) is 0 Å². The highest BCUT2D eigenvalue weighted by Gasteiger charge is 2.04. The van der Waals surface area contributed by atoms with Crippen LogP contribution in [0.3, 0.4) is 0 Å². The molecular formula is C10H12BrN3. The molecule has 0 saturated heterocycles. The number of hydrogen-bond acceptors (Lipinski definition) is 2. The van der Waals surface area contributed by atoms with Gasteiger partial charge >= 0.3 is 0 Å². The molecule has 0 aliphatic rings. The van der Waals surface area contributed by atoms with Crippen LogP contribution in [0.2, 0.25) is 0 Å². The molecule has 0 aliphatic carbocycles. The van der Waals surface area contributed by atoms with Crippen molar-refractivity contribution in [3.05, 3.63) is 23.1 Å². The number of fused-ring (bicyclic) bond motifs is 1. The lowest BCUT2D eigenvalue weighted by Gasteiger charge is -2.06. The quantitative estimate of drug-likeness (QED) is 0.771. The van der Waals surface area contributed by atoms with Crippen LogP contribution in [-0.2, 0) is 6.54 Å². The second-order valence-electron chi connectivity index (χ2n) is 3.79. The minimum absolute atomic E-state index is 0.602. The first-order valence-electron chi connectivity index (χ1n) is 4.64. The highest BCUT2D eigenvalue weighted by molar-refractivity contribution is 9.10. The summed E-state index contributed by atoms with van der Waals surface area (Å²) in [6.07, 6.45) is 3.69. The largest absolute Gasteiger partial charge is 0.264 e. The molecule has 2 rings (SSSR count). The first kappa shape index (κ1) is 9.65. The number of aromatic nitrogens is 3. The minimum Gasteiger partial charge on any atom is -0.264 e. The van der Waals surface area contributed by atoms with E-state index in [0.29, 0.717) is 5.92 Å². The van der Waals surface area contributed by atoms with Crippen molar-refractivity contribution in [3.63, 3.8) is 0 Å². The molecule has 0 radical (unpaired) electrons. The van der Waals surface area contributed by atoms with Gasteiger partial charge in [-0.15, -0.1) is 0 Å². The third kappa shape index (κ3) is 1.80. The summed E-state index contributed by atoms with van der Waals surface area (Å²) in [4.78, 5) is 4.16. The molecule has 0 unspecified atom stereocenters. The monoisotopic (exact) mass is 253 g/mol. The van der Waals surface area contributed by atoms with Crippen LogP contribution in [-0.4, -0.2) is 14.8 Å². The van der Waals surface area contributed by atoms with Crippen molar-refractivity contribution in [1.82, 2.24) is 14.8 Å². The Morgan fingerprint density at radius 1 is 1.43 bits per heavy atom. The number of hydrogen-bond donors (Lipinski definition) is 0. The molecule has 0 bridgehead atoms. The van der Waals surface area contributed by atoms with Crippen molar-refractivity contribution in [2.45, 2.75) is 20.4 Å². The highest BCUT2D eigenvalue weighted by Crippen LogP contribution is 2.17. The molecule has 0 aliphatic heterocycles. The summed E-state index contributed by atoms with van der Waals surface area (Å²) in [6.45, 7) is 5.31. The fourth-order valence-electron chi connectivity index (χ4n) is 1.44. The van der Waals surface area contributed by atoms with Gasteiger partial charge in [-0.2, -0.15) is 5.10 Å². The molecule has 2 heterocycles. The summed E-state index contributed by atoms with van der Waals surface area (Å²) >= 11 is 3.37. The number of pyridine rings is 1. The normalized spacial score (nSPS) is 11.4. The van der Waals surface area contributed by atoms with Gasteiger partial charge in [-0.05, 0) is 27.9 Å². The van der Waals surface area contributed by atoms with Gasteiger partial charge in [-0.25, -0.2) is 4.98 Å². The van der Waals surface area contributed by atoms with Gasteiger partial charge in [0, 0.05) is 18.1 Å². The molecule has 0 fully saturated rings. The fourth-order valence-corrected chi connectivity index (χ4v) is 1.76. The van der Waals surface area contributed by atoms with E-state index in [1.54, 1.807) is 0 Å². The topological polar surface area (TPSA) is 30.7 Å². The van der Waals surface area contributed by atoms with Gasteiger partial charge < -0.3 is 0 Å². The summed E-state index contributed by atoms with van der Waals surface area (Å²) in [7, 11) is 0. The van der Waals surface area contributed by atoms with Crippen molar-refractivity contribution >= 4 is 26.8 Å². The second-order valence-corrected chi connectivity index (χ2v) is 4.60. The van der Waals surface area contributed by atoms with Gasteiger partial charge in [0.15, 0.2) is 0 Å². The maximum absolute atomic E-state index is 4.33. The van der Waals surface area contributed by atoms with Gasteiger partial charge in [0.1, 0.15) is 4.60 Å². The predicted molar refractivity (Wildman–Crippen MR) is 60.1 cm³/mol. The van der Waals surface area contributed by atoms with Gasteiger partial charge in [-0.3, -0.25) is 4.68 Å². The summed E-state index contributed by atoms with van der Waals surface area (Å²) < 4.78 is 2.88. The molecule has 4 heteroatoms. The van der Waals surface area contributed by atoms with Crippen molar-refractivity contribution in [1.29, 1.82) is 0 Å². The Bertz CT molecular complexity index is 448. The molecule has 74 valence electrons. The first-order valence-corrected chi connectivity index (χ1v) is 5.43.